The van der Waals surface area contributed by atoms with Crippen molar-refractivity contribution >= 4 is 47.9 Å². The number of aliphatic hydroxyl groups is 2. The second-order valence-electron chi connectivity index (χ2n) is 5.03. The number of halogens is 2. The number of ether oxygens (including phenoxy) is 1. The van der Waals surface area contributed by atoms with Gasteiger partial charge in [-0.05, 0) is 31.1 Å². The van der Waals surface area contributed by atoms with E-state index >= 15 is 0 Å². The van der Waals surface area contributed by atoms with Crippen LogP contribution in [-0.4, -0.2) is 46.6 Å². The lowest BCUT2D eigenvalue weighted by molar-refractivity contribution is -0.155. The van der Waals surface area contributed by atoms with E-state index in [1.165, 1.54) is 24.2 Å². The van der Waals surface area contributed by atoms with Gasteiger partial charge in [0, 0.05) is 17.3 Å². The third-order valence-corrected chi connectivity index (χ3v) is 5.63. The van der Waals surface area contributed by atoms with Gasteiger partial charge in [-0.1, -0.05) is 35.0 Å². The Kier molecular flexibility index (Phi) is 7.83. The normalized spacial score (nSPS) is 30.6. The number of nitrogens with one attached hydrogen (secondary N) is 1. The summed E-state index contributed by atoms with van der Waals surface area (Å²) in [5, 5.41) is 23.6. The highest BCUT2D eigenvalue weighted by Gasteiger charge is 2.45. The van der Waals surface area contributed by atoms with E-state index in [4.69, 9.17) is 37.9 Å². The lowest BCUT2D eigenvalue weighted by Gasteiger charge is -2.43. The maximum Gasteiger partial charge on any atom is 0.137 e. The molecule has 1 aromatic carbocycles. The first kappa shape index (κ1) is 20.0. The van der Waals surface area contributed by atoms with Gasteiger partial charge in [0.05, 0.1) is 22.7 Å². The Labute approximate surface area is 159 Å². The predicted molar refractivity (Wildman–Crippen MR) is 98.2 cm³/mol. The second-order valence-corrected chi connectivity index (χ2v) is 7.23. The molecule has 1 aliphatic rings. The summed E-state index contributed by atoms with van der Waals surface area (Å²) in [6.45, 7) is -0.344. The van der Waals surface area contributed by atoms with Crippen molar-refractivity contribution in [2.24, 2.45) is 5.73 Å². The van der Waals surface area contributed by atoms with Gasteiger partial charge < -0.3 is 30.2 Å². The summed E-state index contributed by atoms with van der Waals surface area (Å²) in [5.74, 6) is 0. The molecule has 10 heteroatoms. The topological polar surface area (TPSA) is 97.0 Å². The fourth-order valence-electron chi connectivity index (χ4n) is 2.33. The van der Waals surface area contributed by atoms with Crippen LogP contribution in [0.4, 0.5) is 0 Å². The quantitative estimate of drug-likeness (QED) is 0.358. The Morgan fingerprint density at radius 2 is 2.17 bits per heavy atom. The molecule has 1 aliphatic heterocycles. The molecule has 1 heterocycles. The van der Waals surface area contributed by atoms with E-state index in [1.807, 2.05) is 0 Å². The maximum absolute atomic E-state index is 10.3. The van der Waals surface area contributed by atoms with E-state index < -0.39 is 29.8 Å². The SMILES string of the molecule is N/C=C\NC1C(O)C(CO)OC(Sc2ccc(Cl)c(Cl)c2)C1OS. The number of hydrogen-bond acceptors (Lipinski definition) is 8. The van der Waals surface area contributed by atoms with Crippen LogP contribution in [0, 0.1) is 0 Å². The molecule has 0 saturated carbocycles. The molecule has 5 N–H and O–H groups in total. The maximum atomic E-state index is 10.3. The van der Waals surface area contributed by atoms with Crippen molar-refractivity contribution in [3.63, 3.8) is 0 Å². The van der Waals surface area contributed by atoms with Crippen LogP contribution in [0.3, 0.4) is 0 Å². The predicted octanol–water partition coefficient (Wildman–Crippen LogP) is 1.78. The lowest BCUT2D eigenvalue weighted by atomic mass is 9.97. The highest BCUT2D eigenvalue weighted by Crippen LogP contribution is 2.37. The Hall–Kier alpha value is -0.320. The third kappa shape index (κ3) is 4.64. The Morgan fingerprint density at radius 1 is 1.42 bits per heavy atom. The largest absolute Gasteiger partial charge is 0.403 e. The summed E-state index contributed by atoms with van der Waals surface area (Å²) >= 11 is 17.2. The zero-order valence-corrected chi connectivity index (χ0v) is 15.6. The Balaban J connectivity index is 2.23. The fourth-order valence-corrected chi connectivity index (χ4v) is 4.18. The molecule has 0 radical (unpaired) electrons. The van der Waals surface area contributed by atoms with Crippen LogP contribution >= 0.6 is 47.9 Å². The van der Waals surface area contributed by atoms with Gasteiger partial charge in [-0.2, -0.15) is 0 Å². The van der Waals surface area contributed by atoms with Gasteiger partial charge >= 0.3 is 0 Å². The van der Waals surface area contributed by atoms with Crippen LogP contribution in [0.5, 0.6) is 0 Å². The van der Waals surface area contributed by atoms with Crippen molar-refractivity contribution in [1.29, 1.82) is 0 Å². The molecule has 0 spiro atoms. The van der Waals surface area contributed by atoms with Crippen molar-refractivity contribution in [3.8, 4) is 0 Å². The van der Waals surface area contributed by atoms with Gasteiger partial charge in [0.15, 0.2) is 0 Å². The molecule has 24 heavy (non-hydrogen) atoms. The van der Waals surface area contributed by atoms with Gasteiger partial charge in [0.1, 0.15) is 23.7 Å². The first-order valence-electron chi connectivity index (χ1n) is 7.01. The minimum Gasteiger partial charge on any atom is -0.403 e. The Morgan fingerprint density at radius 3 is 2.75 bits per heavy atom. The molecule has 1 saturated heterocycles. The summed E-state index contributed by atoms with van der Waals surface area (Å²) in [6.07, 6.45) is 0.366. The van der Waals surface area contributed by atoms with Crippen molar-refractivity contribution < 1.29 is 19.1 Å². The monoisotopic (exact) mass is 412 g/mol. The zero-order chi connectivity index (χ0) is 17.7. The lowest BCUT2D eigenvalue weighted by Crippen LogP contribution is -2.62. The number of nitrogens with two attached hydrogens (primary N) is 1. The molecule has 0 amide bonds. The molecule has 0 aromatic heterocycles. The summed E-state index contributed by atoms with van der Waals surface area (Å²) in [7, 11) is 0. The molecule has 6 nitrogen and oxygen atoms in total. The highest BCUT2D eigenvalue weighted by atomic mass is 35.5. The van der Waals surface area contributed by atoms with Crippen LogP contribution in [0.15, 0.2) is 35.5 Å². The zero-order valence-electron chi connectivity index (χ0n) is 12.4. The summed E-state index contributed by atoms with van der Waals surface area (Å²) in [6, 6.07) is 4.60. The second kappa shape index (κ2) is 9.40. The van der Waals surface area contributed by atoms with E-state index in [-0.39, 0.29) is 6.61 Å². The van der Waals surface area contributed by atoms with Crippen LogP contribution < -0.4 is 11.1 Å². The van der Waals surface area contributed by atoms with Gasteiger partial charge in [-0.15, -0.1) is 0 Å². The minimum atomic E-state index is -1.01. The van der Waals surface area contributed by atoms with Crippen molar-refractivity contribution in [1.82, 2.24) is 5.32 Å². The first-order chi connectivity index (χ1) is 11.5. The average molecular weight is 413 g/mol. The van der Waals surface area contributed by atoms with E-state index in [0.717, 1.165) is 4.90 Å². The summed E-state index contributed by atoms with van der Waals surface area (Å²) in [5.41, 5.74) is 4.78. The number of aliphatic hydroxyl groups excluding tert-OH is 2. The van der Waals surface area contributed by atoms with Crippen molar-refractivity contribution in [2.45, 2.75) is 34.7 Å². The minimum absolute atomic E-state index is 0.344. The van der Waals surface area contributed by atoms with Crippen LogP contribution in [0.2, 0.25) is 10.0 Å². The molecule has 1 fully saturated rings. The van der Waals surface area contributed by atoms with Gasteiger partial charge in [0.2, 0.25) is 0 Å². The number of hydrogen-bond donors (Lipinski definition) is 5. The highest BCUT2D eigenvalue weighted by molar-refractivity contribution is 7.99. The smallest absolute Gasteiger partial charge is 0.137 e. The van der Waals surface area contributed by atoms with E-state index in [1.54, 1.807) is 18.2 Å². The van der Waals surface area contributed by atoms with Crippen molar-refractivity contribution in [3.05, 3.63) is 40.6 Å². The summed E-state index contributed by atoms with van der Waals surface area (Å²) < 4.78 is 11.0. The summed E-state index contributed by atoms with van der Waals surface area (Å²) in [4.78, 5) is 0.797. The molecule has 2 rings (SSSR count). The molecular weight excluding hydrogens is 395 g/mol. The van der Waals surface area contributed by atoms with E-state index in [0.29, 0.717) is 10.0 Å². The van der Waals surface area contributed by atoms with Crippen LogP contribution in [-0.2, 0) is 8.92 Å². The van der Waals surface area contributed by atoms with Crippen molar-refractivity contribution in [2.75, 3.05) is 6.61 Å². The molecule has 5 atom stereocenters. The number of thiol groups is 1. The van der Waals surface area contributed by atoms with E-state index in [2.05, 4.69) is 18.2 Å². The van der Waals surface area contributed by atoms with Gasteiger partial charge in [0.25, 0.3) is 0 Å². The van der Waals surface area contributed by atoms with Crippen LogP contribution in [0.1, 0.15) is 0 Å². The van der Waals surface area contributed by atoms with E-state index in [9.17, 15) is 10.2 Å². The molecule has 0 aliphatic carbocycles. The molecule has 134 valence electrons. The molecule has 5 unspecified atom stereocenters. The fraction of sp³-hybridized carbons (Fsp3) is 0.429. The molecule has 0 bridgehead atoms. The van der Waals surface area contributed by atoms with Crippen LogP contribution in [0.25, 0.3) is 0 Å². The number of benzene rings is 1. The number of rotatable bonds is 6. The number of thioether (sulfide) groups is 1. The standard InChI is InChI=1S/C14H18Cl2N2O4S2/c15-8-2-1-7(5-9(8)16)24-14-13(22-23)11(18-4-3-17)12(20)10(6-19)21-14/h1-5,10-14,18-20,23H,6,17H2/b4-3-. The third-order valence-electron chi connectivity index (χ3n) is 3.51. The first-order valence-corrected chi connectivity index (χ1v) is 9.01. The van der Waals surface area contributed by atoms with Gasteiger partial charge in [-0.25, -0.2) is 0 Å². The molecule has 1 aromatic rings. The average Bonchev–Trinajstić information content (AvgIpc) is 2.57. The van der Waals surface area contributed by atoms with Gasteiger partial charge in [-0.3, -0.25) is 0 Å². The molecular formula is C14H18Cl2N2O4S2. The Bertz CT molecular complexity index is 582.